The highest BCUT2D eigenvalue weighted by atomic mass is 35.5. The average molecular weight is 477 g/mol. The van der Waals surface area contributed by atoms with E-state index in [1.807, 2.05) is 18.2 Å². The van der Waals surface area contributed by atoms with Crippen LogP contribution >= 0.6 is 23.2 Å². The molecule has 10 heteroatoms. The van der Waals surface area contributed by atoms with E-state index in [9.17, 15) is 13.2 Å². The third kappa shape index (κ3) is 3.31. The van der Waals surface area contributed by atoms with Crippen LogP contribution in [0.25, 0.3) is 22.2 Å². The molecule has 5 rings (SSSR count). The highest BCUT2D eigenvalue weighted by Crippen LogP contribution is 2.48. The van der Waals surface area contributed by atoms with Crippen LogP contribution in [0.2, 0.25) is 10.0 Å². The highest BCUT2D eigenvalue weighted by Gasteiger charge is 2.59. The molecule has 1 aliphatic heterocycles. The molecule has 0 bridgehead atoms. The van der Waals surface area contributed by atoms with Gasteiger partial charge in [-0.3, -0.25) is 10.3 Å². The van der Waals surface area contributed by atoms with Gasteiger partial charge in [0.2, 0.25) is 5.60 Å². The number of halogens is 5. The van der Waals surface area contributed by atoms with Gasteiger partial charge in [0.05, 0.1) is 11.4 Å². The molecule has 0 aliphatic carbocycles. The van der Waals surface area contributed by atoms with Gasteiger partial charge in [0.25, 0.3) is 0 Å². The Morgan fingerprint density at radius 1 is 0.969 bits per heavy atom. The van der Waals surface area contributed by atoms with Gasteiger partial charge in [0.1, 0.15) is 12.7 Å². The van der Waals surface area contributed by atoms with E-state index in [1.54, 1.807) is 29.2 Å². The first-order valence-electron chi connectivity index (χ1n) is 9.36. The fraction of sp³-hybridized carbons (Fsp3) is 0.0909. The minimum Gasteiger partial charge on any atom is -0.265 e. The quantitative estimate of drug-likeness (QED) is 0.390. The van der Waals surface area contributed by atoms with Crippen molar-refractivity contribution >= 4 is 39.7 Å². The van der Waals surface area contributed by atoms with Gasteiger partial charge < -0.3 is 0 Å². The SMILES string of the molecule is FC(F)(F)C1(c2cc(Cl)cc(Cl)c2)C=C(c2ccc(-n3cncn3)c3ccccc23)NO1. The van der Waals surface area contributed by atoms with Gasteiger partial charge in [-0.15, -0.1) is 0 Å². The Labute approximate surface area is 190 Å². The van der Waals surface area contributed by atoms with Crippen molar-refractivity contribution in [3.8, 4) is 5.69 Å². The summed E-state index contributed by atoms with van der Waals surface area (Å²) in [5.41, 5.74) is 0.923. The first kappa shape index (κ1) is 20.8. The van der Waals surface area contributed by atoms with E-state index < -0.39 is 11.8 Å². The number of aromatic nitrogens is 3. The average Bonchev–Trinajstić information content (AvgIpc) is 3.43. The summed E-state index contributed by atoms with van der Waals surface area (Å²) < 4.78 is 44.5. The predicted molar refractivity (Wildman–Crippen MR) is 115 cm³/mol. The molecular weight excluding hydrogens is 464 g/mol. The van der Waals surface area contributed by atoms with Crippen molar-refractivity contribution in [1.82, 2.24) is 20.2 Å². The number of nitrogens with one attached hydrogen (secondary N) is 1. The standard InChI is InChI=1S/C22H13Cl2F3N4O/c23-14-7-13(8-15(24)9-14)21(22(25,26)27)10-19(30-32-21)17-5-6-20(31-12-28-11-29-31)18-4-2-1-3-16(17)18/h1-12,30H. The lowest BCUT2D eigenvalue weighted by atomic mass is 9.90. The van der Waals surface area contributed by atoms with Crippen molar-refractivity contribution in [3.05, 3.63) is 94.5 Å². The first-order valence-corrected chi connectivity index (χ1v) is 10.1. The van der Waals surface area contributed by atoms with Crippen molar-refractivity contribution in [3.63, 3.8) is 0 Å². The number of fused-ring (bicyclic) bond motifs is 1. The van der Waals surface area contributed by atoms with E-state index in [-0.39, 0.29) is 21.3 Å². The molecule has 0 fully saturated rings. The van der Waals surface area contributed by atoms with E-state index in [2.05, 4.69) is 15.6 Å². The summed E-state index contributed by atoms with van der Waals surface area (Å²) in [4.78, 5) is 9.17. The van der Waals surface area contributed by atoms with E-state index in [4.69, 9.17) is 28.0 Å². The second kappa shape index (κ2) is 7.51. The van der Waals surface area contributed by atoms with Gasteiger partial charge in [-0.1, -0.05) is 53.5 Å². The third-order valence-corrected chi connectivity index (χ3v) is 5.68. The summed E-state index contributed by atoms with van der Waals surface area (Å²) >= 11 is 12.0. The molecule has 1 atom stereocenters. The Bertz CT molecular complexity index is 1340. The Morgan fingerprint density at radius 3 is 2.34 bits per heavy atom. The molecule has 0 spiro atoms. The molecule has 32 heavy (non-hydrogen) atoms. The number of alkyl halides is 3. The van der Waals surface area contributed by atoms with E-state index in [0.29, 0.717) is 10.9 Å². The topological polar surface area (TPSA) is 52.0 Å². The third-order valence-electron chi connectivity index (χ3n) is 5.24. The van der Waals surface area contributed by atoms with Gasteiger partial charge in [-0.05, 0) is 35.7 Å². The van der Waals surface area contributed by atoms with Gasteiger partial charge in [0, 0.05) is 26.6 Å². The molecule has 4 aromatic rings. The van der Waals surface area contributed by atoms with Crippen LogP contribution in [0.5, 0.6) is 0 Å². The number of nitrogens with zero attached hydrogens (tertiary/aromatic N) is 3. The fourth-order valence-corrected chi connectivity index (χ4v) is 4.32. The Hall–Kier alpha value is -3.07. The van der Waals surface area contributed by atoms with Crippen molar-refractivity contribution in [2.75, 3.05) is 0 Å². The Balaban J connectivity index is 1.70. The van der Waals surface area contributed by atoms with Crippen molar-refractivity contribution in [1.29, 1.82) is 0 Å². The van der Waals surface area contributed by atoms with Crippen LogP contribution in [0, 0.1) is 0 Å². The van der Waals surface area contributed by atoms with E-state index >= 15 is 0 Å². The number of rotatable bonds is 3. The summed E-state index contributed by atoms with van der Waals surface area (Å²) in [6, 6.07) is 14.5. The molecule has 0 radical (unpaired) electrons. The maximum atomic E-state index is 14.3. The van der Waals surface area contributed by atoms with Gasteiger partial charge in [-0.2, -0.15) is 18.3 Å². The molecule has 0 saturated heterocycles. The molecule has 2 heterocycles. The van der Waals surface area contributed by atoms with Crippen LogP contribution in [0.15, 0.2) is 73.3 Å². The minimum absolute atomic E-state index is 0.0733. The molecule has 1 aliphatic rings. The largest absolute Gasteiger partial charge is 0.428 e. The summed E-state index contributed by atoms with van der Waals surface area (Å²) in [5, 5.41) is 5.80. The molecule has 0 saturated carbocycles. The zero-order valence-corrected chi connectivity index (χ0v) is 17.6. The summed E-state index contributed by atoms with van der Waals surface area (Å²) in [6.45, 7) is 0. The lowest BCUT2D eigenvalue weighted by molar-refractivity contribution is -0.269. The molecule has 1 N–H and O–H groups in total. The fourth-order valence-electron chi connectivity index (χ4n) is 3.79. The van der Waals surface area contributed by atoms with Crippen LogP contribution in [0.3, 0.4) is 0 Å². The number of hydroxylamine groups is 1. The van der Waals surface area contributed by atoms with Crippen molar-refractivity contribution in [2.45, 2.75) is 11.8 Å². The lowest BCUT2D eigenvalue weighted by Crippen LogP contribution is -2.42. The normalized spacial score (nSPS) is 18.6. The van der Waals surface area contributed by atoms with Crippen molar-refractivity contribution in [2.24, 2.45) is 0 Å². The van der Waals surface area contributed by atoms with Gasteiger partial charge in [0.15, 0.2) is 0 Å². The highest BCUT2D eigenvalue weighted by molar-refractivity contribution is 6.34. The number of benzene rings is 3. The zero-order valence-electron chi connectivity index (χ0n) is 16.1. The van der Waals surface area contributed by atoms with Gasteiger partial charge in [-0.25, -0.2) is 9.67 Å². The van der Waals surface area contributed by atoms with Crippen LogP contribution in [0.1, 0.15) is 11.1 Å². The number of hydrogen-bond donors (Lipinski definition) is 1. The lowest BCUT2D eigenvalue weighted by Gasteiger charge is -2.28. The Morgan fingerprint density at radius 2 is 1.69 bits per heavy atom. The summed E-state index contributed by atoms with van der Waals surface area (Å²) in [5.74, 6) is 0. The maximum absolute atomic E-state index is 14.3. The molecular formula is C22H13Cl2F3N4O. The molecule has 0 amide bonds. The summed E-state index contributed by atoms with van der Waals surface area (Å²) in [7, 11) is 0. The monoisotopic (exact) mass is 476 g/mol. The first-order chi connectivity index (χ1) is 15.3. The molecule has 5 nitrogen and oxygen atoms in total. The minimum atomic E-state index is -4.79. The molecule has 1 aromatic heterocycles. The van der Waals surface area contributed by atoms with Crippen LogP contribution in [-0.2, 0) is 10.4 Å². The van der Waals surface area contributed by atoms with E-state index in [1.165, 1.54) is 24.5 Å². The molecule has 3 aromatic carbocycles. The number of hydrogen-bond acceptors (Lipinski definition) is 4. The van der Waals surface area contributed by atoms with Crippen LogP contribution < -0.4 is 5.48 Å². The molecule has 162 valence electrons. The predicted octanol–water partition coefficient (Wildman–Crippen LogP) is 6.06. The van der Waals surface area contributed by atoms with E-state index in [0.717, 1.165) is 17.1 Å². The van der Waals surface area contributed by atoms with Gasteiger partial charge >= 0.3 is 6.18 Å². The summed E-state index contributed by atoms with van der Waals surface area (Å²) in [6.07, 6.45) is -0.821. The van der Waals surface area contributed by atoms with Crippen molar-refractivity contribution < 1.29 is 18.0 Å². The second-order valence-electron chi connectivity index (χ2n) is 7.17. The molecule has 1 unspecified atom stereocenters. The second-order valence-corrected chi connectivity index (χ2v) is 8.04. The Kier molecular flexibility index (Phi) is 4.88. The zero-order chi connectivity index (χ0) is 22.5. The van der Waals surface area contributed by atoms with Crippen LogP contribution in [-0.4, -0.2) is 20.9 Å². The smallest absolute Gasteiger partial charge is 0.265 e. The maximum Gasteiger partial charge on any atom is 0.428 e. The van der Waals surface area contributed by atoms with Crippen LogP contribution in [0.4, 0.5) is 13.2 Å².